The minimum absolute atomic E-state index is 0.332. The molecule has 30 heavy (non-hydrogen) atoms. The van der Waals surface area contributed by atoms with Crippen molar-refractivity contribution < 1.29 is 8.42 Å². The lowest BCUT2D eigenvalue weighted by Crippen LogP contribution is -2.44. The molecule has 162 valence electrons. The highest BCUT2D eigenvalue weighted by atomic mass is 35.5. The Kier molecular flexibility index (Phi) is 6.93. The second-order valence-corrected chi connectivity index (χ2v) is 10.2. The molecule has 1 aromatic heterocycles. The van der Waals surface area contributed by atoms with Gasteiger partial charge in [-0.25, -0.2) is 13.4 Å². The summed E-state index contributed by atoms with van der Waals surface area (Å²) in [5.74, 6) is 0.332. The fraction of sp³-hybridized carbons (Fsp3) is 0.500. The fourth-order valence-corrected chi connectivity index (χ4v) is 5.59. The van der Waals surface area contributed by atoms with Crippen molar-refractivity contribution >= 4 is 27.7 Å². The van der Waals surface area contributed by atoms with Crippen LogP contribution < -0.4 is 4.83 Å². The molecule has 6 nitrogen and oxygen atoms in total. The first-order valence-corrected chi connectivity index (χ1v) is 12.7. The molecule has 0 saturated carbocycles. The third kappa shape index (κ3) is 5.52. The van der Waals surface area contributed by atoms with Gasteiger partial charge >= 0.3 is 0 Å². The molecule has 1 atom stereocenters. The second kappa shape index (κ2) is 9.64. The normalized spacial score (nSPS) is 20.9. The van der Waals surface area contributed by atoms with Crippen molar-refractivity contribution in [1.82, 2.24) is 20.0 Å². The molecule has 1 aliphatic heterocycles. The monoisotopic (exact) mass is 448 g/mol. The molecule has 1 aliphatic carbocycles. The largest absolute Gasteiger partial charge is 0.281 e. The summed E-state index contributed by atoms with van der Waals surface area (Å²) in [5.41, 5.74) is 4.21. The van der Waals surface area contributed by atoms with Crippen LogP contribution >= 0.6 is 11.6 Å². The average molecular weight is 449 g/mol. The minimum atomic E-state index is -3.53. The van der Waals surface area contributed by atoms with Gasteiger partial charge in [-0.15, -0.1) is 4.83 Å². The summed E-state index contributed by atoms with van der Waals surface area (Å²) in [6.45, 7) is 1.52. The van der Waals surface area contributed by atoms with Crippen LogP contribution in [0.1, 0.15) is 67.0 Å². The Balaban J connectivity index is 1.50. The third-order valence-electron chi connectivity index (χ3n) is 5.96. The van der Waals surface area contributed by atoms with Crippen molar-refractivity contribution in [3.63, 3.8) is 0 Å². The van der Waals surface area contributed by atoms with Crippen molar-refractivity contribution in [3.8, 4) is 0 Å². The number of piperidine rings is 1. The van der Waals surface area contributed by atoms with Gasteiger partial charge < -0.3 is 0 Å². The van der Waals surface area contributed by atoms with E-state index in [1.54, 1.807) is 11.1 Å². The quantitative estimate of drug-likeness (QED) is 0.641. The zero-order valence-corrected chi connectivity index (χ0v) is 18.7. The fourth-order valence-electron chi connectivity index (χ4n) is 4.47. The summed E-state index contributed by atoms with van der Waals surface area (Å²) >= 11 is 6.16. The van der Waals surface area contributed by atoms with E-state index >= 15 is 0 Å². The van der Waals surface area contributed by atoms with E-state index in [9.17, 15) is 8.42 Å². The first-order valence-electron chi connectivity index (χ1n) is 10.8. The number of fused-ring (bicyclic) bond motifs is 1. The highest BCUT2D eigenvalue weighted by Gasteiger charge is 2.24. The lowest BCUT2D eigenvalue weighted by Gasteiger charge is -2.25. The molecule has 8 heteroatoms. The molecule has 1 saturated heterocycles. The maximum absolute atomic E-state index is 12.5. The smallest absolute Gasteiger partial charge is 0.246 e. The van der Waals surface area contributed by atoms with E-state index < -0.39 is 10.0 Å². The number of hydrogen-bond acceptors (Lipinski definition) is 4. The number of H-pyrrole nitrogens is 1. The van der Waals surface area contributed by atoms with Crippen LogP contribution in [-0.2, 0) is 22.9 Å². The molecule has 0 amide bonds. The Hall–Kier alpha value is -1.67. The summed E-state index contributed by atoms with van der Waals surface area (Å²) in [4.78, 5) is 2.67. The molecule has 1 aromatic carbocycles. The van der Waals surface area contributed by atoms with E-state index in [0.717, 1.165) is 86.4 Å². The van der Waals surface area contributed by atoms with Crippen LogP contribution in [0.3, 0.4) is 0 Å². The van der Waals surface area contributed by atoms with E-state index in [-0.39, 0.29) is 0 Å². The predicted octanol–water partition coefficient (Wildman–Crippen LogP) is 4.41. The Morgan fingerprint density at radius 3 is 2.83 bits per heavy atom. The van der Waals surface area contributed by atoms with Gasteiger partial charge in [-0.1, -0.05) is 36.6 Å². The summed E-state index contributed by atoms with van der Waals surface area (Å²) < 4.78 is 25.0. The van der Waals surface area contributed by atoms with Crippen LogP contribution in [0.4, 0.5) is 0 Å². The van der Waals surface area contributed by atoms with Crippen LogP contribution in [-0.4, -0.2) is 36.7 Å². The number of nitrogens with zero attached hydrogens (tertiary/aromatic N) is 2. The van der Waals surface area contributed by atoms with Crippen LogP contribution in [0.5, 0.6) is 0 Å². The van der Waals surface area contributed by atoms with Crippen LogP contribution in [0, 0.1) is 0 Å². The summed E-state index contributed by atoms with van der Waals surface area (Å²) in [6, 6.07) is 7.99. The van der Waals surface area contributed by atoms with Crippen LogP contribution in [0.25, 0.3) is 6.08 Å². The number of aromatic nitrogens is 2. The van der Waals surface area contributed by atoms with Crippen LogP contribution in [0.2, 0.25) is 5.02 Å². The number of nitrogens with one attached hydrogen (secondary N) is 2. The van der Waals surface area contributed by atoms with E-state index in [2.05, 4.69) is 21.1 Å². The van der Waals surface area contributed by atoms with E-state index in [1.807, 2.05) is 18.2 Å². The van der Waals surface area contributed by atoms with Crippen molar-refractivity contribution in [2.24, 2.45) is 0 Å². The molecule has 2 heterocycles. The first-order chi connectivity index (χ1) is 14.5. The molecule has 1 fully saturated rings. The Morgan fingerprint density at radius 2 is 2.03 bits per heavy atom. The zero-order chi connectivity index (χ0) is 21.0. The number of rotatable bonds is 6. The van der Waals surface area contributed by atoms with Gasteiger partial charge in [-0.2, -0.15) is 5.10 Å². The maximum Gasteiger partial charge on any atom is 0.246 e. The van der Waals surface area contributed by atoms with Gasteiger partial charge in [0.25, 0.3) is 0 Å². The highest BCUT2D eigenvalue weighted by molar-refractivity contribution is 7.92. The summed E-state index contributed by atoms with van der Waals surface area (Å²) in [7, 11) is -3.53. The van der Waals surface area contributed by atoms with Gasteiger partial charge in [-0.3, -0.25) is 5.10 Å². The van der Waals surface area contributed by atoms with Crippen molar-refractivity contribution in [1.29, 1.82) is 0 Å². The number of benzene rings is 1. The zero-order valence-electron chi connectivity index (χ0n) is 17.1. The van der Waals surface area contributed by atoms with Gasteiger partial charge in [-0.05, 0) is 62.3 Å². The number of halogens is 1. The average Bonchev–Trinajstić information content (AvgIpc) is 3.02. The van der Waals surface area contributed by atoms with E-state index in [1.165, 1.54) is 11.0 Å². The summed E-state index contributed by atoms with van der Waals surface area (Å²) in [5, 5.41) is 11.4. The minimum Gasteiger partial charge on any atom is -0.281 e. The molecule has 0 bridgehead atoms. The Bertz CT molecular complexity index is 996. The molecule has 2 N–H and O–H groups in total. The molecule has 2 aromatic rings. The molecule has 0 radical (unpaired) electrons. The summed E-state index contributed by atoms with van der Waals surface area (Å²) in [6.07, 6.45) is 9.95. The van der Waals surface area contributed by atoms with Gasteiger partial charge in [0.15, 0.2) is 0 Å². The third-order valence-corrected chi connectivity index (χ3v) is 7.20. The Labute approximate surface area is 183 Å². The number of hydrogen-bond donors (Lipinski definition) is 2. The maximum atomic E-state index is 12.5. The van der Waals surface area contributed by atoms with Crippen molar-refractivity contribution in [3.05, 3.63) is 57.2 Å². The van der Waals surface area contributed by atoms with E-state index in [0.29, 0.717) is 5.92 Å². The van der Waals surface area contributed by atoms with E-state index in [4.69, 9.17) is 11.6 Å². The lowest BCUT2D eigenvalue weighted by atomic mass is 9.91. The Morgan fingerprint density at radius 1 is 1.20 bits per heavy atom. The van der Waals surface area contributed by atoms with Crippen LogP contribution in [0.15, 0.2) is 29.7 Å². The first kappa shape index (κ1) is 21.6. The number of hydrazine groups is 1. The molecule has 1 unspecified atom stereocenters. The predicted molar refractivity (Wildman–Crippen MR) is 121 cm³/mol. The SMILES string of the molecule is O=S(=O)(/C=C/c1n[nH]c2c1CCCCC2Cc1cccc(Cl)c1)NN1CCCCC1. The van der Waals surface area contributed by atoms with Gasteiger partial charge in [0.1, 0.15) is 0 Å². The van der Waals surface area contributed by atoms with Gasteiger partial charge in [0, 0.05) is 40.7 Å². The molecular formula is C22H29ClN4O2S. The standard InChI is InChI=1S/C22H29ClN4O2S/c23-19-9-6-7-17(16-19)15-18-8-2-3-10-20-21(24-25-22(18)20)11-14-30(28,29)26-27-12-4-1-5-13-27/h6-7,9,11,14,16,18,26H,1-5,8,10,12-13,15H2,(H,24,25)/b14-11+. The topological polar surface area (TPSA) is 78.1 Å². The van der Waals surface area contributed by atoms with Crippen molar-refractivity contribution in [2.45, 2.75) is 57.3 Å². The molecular weight excluding hydrogens is 420 g/mol. The lowest BCUT2D eigenvalue weighted by molar-refractivity contribution is 0.201. The molecule has 0 spiro atoms. The molecule has 2 aliphatic rings. The second-order valence-electron chi connectivity index (χ2n) is 8.26. The number of aromatic amines is 1. The van der Waals surface area contributed by atoms with Crippen molar-refractivity contribution in [2.75, 3.05) is 13.1 Å². The highest BCUT2D eigenvalue weighted by Crippen LogP contribution is 2.34. The van der Waals surface area contributed by atoms with Gasteiger partial charge in [0.2, 0.25) is 10.0 Å². The number of sulfonamides is 1. The van der Waals surface area contributed by atoms with Gasteiger partial charge in [0.05, 0.1) is 5.69 Å². The molecule has 4 rings (SSSR count).